The first kappa shape index (κ1) is 24.0. The molecular weight excluding hydrogens is 438 g/mol. The summed E-state index contributed by atoms with van der Waals surface area (Å²) in [5.74, 6) is -2.37. The number of phenolic OH excluding ortho intramolecular Hbond substituents is 1. The fourth-order valence-corrected chi connectivity index (χ4v) is 3.19. The topological polar surface area (TPSA) is 112 Å². The number of carboxylic acids is 1. The lowest BCUT2D eigenvalue weighted by Crippen LogP contribution is -2.30. The number of hydrogen-bond acceptors (Lipinski definition) is 6. The third kappa shape index (κ3) is 5.87. The molecule has 2 rings (SSSR count). The number of nitrogens with zero attached hydrogens (tertiary/aromatic N) is 1. The normalized spacial score (nSPS) is 12.1. The van der Waals surface area contributed by atoms with E-state index in [-0.39, 0.29) is 47.0 Å². The molecule has 7 nitrogen and oxygen atoms in total. The molecule has 10 heteroatoms. The van der Waals surface area contributed by atoms with Gasteiger partial charge in [-0.05, 0) is 43.4 Å². The van der Waals surface area contributed by atoms with Crippen LogP contribution in [0.2, 0.25) is 10.0 Å². The number of aromatic hydroxyl groups is 1. The molecule has 30 heavy (non-hydrogen) atoms. The molecule has 0 aliphatic carbocycles. The van der Waals surface area contributed by atoms with Crippen LogP contribution >= 0.6 is 23.2 Å². The Hall–Kier alpha value is -2.29. The maximum Gasteiger partial charge on any atom is 0.326 e. The number of carboxylic acid groups (broad SMARTS) is 1. The van der Waals surface area contributed by atoms with Gasteiger partial charge in [-0.1, -0.05) is 37.0 Å². The highest BCUT2D eigenvalue weighted by Crippen LogP contribution is 2.42. The Morgan fingerprint density at radius 3 is 2.57 bits per heavy atom. The van der Waals surface area contributed by atoms with Gasteiger partial charge in [0.2, 0.25) is 5.95 Å². The molecule has 1 atom stereocenters. The van der Waals surface area contributed by atoms with Crippen molar-refractivity contribution in [3.05, 3.63) is 39.8 Å². The van der Waals surface area contributed by atoms with Gasteiger partial charge in [-0.25, -0.2) is 4.79 Å². The van der Waals surface area contributed by atoms with Crippen molar-refractivity contribution in [1.82, 2.24) is 4.98 Å². The van der Waals surface area contributed by atoms with E-state index in [0.717, 1.165) is 0 Å². The van der Waals surface area contributed by atoms with Gasteiger partial charge in [0.1, 0.15) is 27.6 Å². The minimum absolute atomic E-state index is 0.00106. The second-order valence-corrected chi connectivity index (χ2v) is 7.70. The first-order valence-corrected chi connectivity index (χ1v) is 10.1. The van der Waals surface area contributed by atoms with Gasteiger partial charge in [0.05, 0.1) is 0 Å². The molecule has 0 saturated carbocycles. The van der Waals surface area contributed by atoms with Crippen LogP contribution in [-0.4, -0.2) is 38.9 Å². The van der Waals surface area contributed by atoms with Crippen LogP contribution in [0.25, 0.3) is 0 Å². The Labute approximate surface area is 183 Å². The Morgan fingerprint density at radius 1 is 1.27 bits per heavy atom. The highest BCUT2D eigenvalue weighted by atomic mass is 35.5. The summed E-state index contributed by atoms with van der Waals surface area (Å²) >= 11 is 12.3. The second kappa shape index (κ2) is 10.7. The van der Waals surface area contributed by atoms with Crippen molar-refractivity contribution < 1.29 is 29.2 Å². The zero-order valence-electron chi connectivity index (χ0n) is 16.5. The monoisotopic (exact) mass is 460 g/mol. The Morgan fingerprint density at radius 2 is 1.97 bits per heavy atom. The number of hydrogen-bond donors (Lipinski definition) is 4. The minimum Gasteiger partial charge on any atom is -0.508 e. The molecule has 1 aromatic heterocycles. The number of rotatable bonds is 10. The molecule has 2 aromatic rings. The first-order chi connectivity index (χ1) is 14.1. The number of pyridine rings is 1. The third-order valence-corrected chi connectivity index (χ3v) is 5.03. The standard InChI is InChI=1S/C20H23Cl2FN2O5/c1-10(2)12-9-11(6-7-14(12)27)30-17-15(21)18(23)25-19(16(17)22)24-13(20(28)29)5-3-4-8-26/h6-7,9-10,13,26-27H,3-5,8H2,1-2H3,(H,24,25)(H,28,29)/t13-/m0/s1. The predicted octanol–water partition coefficient (Wildman–Crippen LogP) is 5.18. The second-order valence-electron chi connectivity index (χ2n) is 6.94. The van der Waals surface area contributed by atoms with Crippen molar-refractivity contribution in [3.63, 3.8) is 0 Å². The number of aromatic nitrogens is 1. The minimum atomic E-state index is -1.18. The van der Waals surface area contributed by atoms with Crippen LogP contribution in [0.15, 0.2) is 18.2 Å². The summed E-state index contributed by atoms with van der Waals surface area (Å²) in [7, 11) is 0. The van der Waals surface area contributed by atoms with E-state index in [9.17, 15) is 19.4 Å². The molecule has 4 N–H and O–H groups in total. The molecule has 0 bridgehead atoms. The van der Waals surface area contributed by atoms with E-state index in [1.54, 1.807) is 6.07 Å². The molecule has 0 unspecified atom stereocenters. The SMILES string of the molecule is CC(C)c1cc(Oc2c(Cl)c(F)nc(N[C@@H](CCCCO)C(=O)O)c2Cl)ccc1O. The quantitative estimate of drug-likeness (QED) is 0.285. The molecule has 0 aliphatic heterocycles. The van der Waals surface area contributed by atoms with E-state index in [1.807, 2.05) is 13.8 Å². The molecule has 1 aromatic carbocycles. The fraction of sp³-hybridized carbons (Fsp3) is 0.400. The average Bonchev–Trinajstić information content (AvgIpc) is 2.69. The predicted molar refractivity (Wildman–Crippen MR) is 112 cm³/mol. The van der Waals surface area contributed by atoms with Crippen LogP contribution in [0.5, 0.6) is 17.2 Å². The van der Waals surface area contributed by atoms with Crippen molar-refractivity contribution in [2.45, 2.75) is 45.1 Å². The van der Waals surface area contributed by atoms with Gasteiger partial charge in [-0.3, -0.25) is 0 Å². The summed E-state index contributed by atoms with van der Waals surface area (Å²) in [6.07, 6.45) is 1.03. The van der Waals surface area contributed by atoms with E-state index < -0.39 is 23.0 Å². The van der Waals surface area contributed by atoms with Gasteiger partial charge in [-0.2, -0.15) is 9.37 Å². The lowest BCUT2D eigenvalue weighted by Gasteiger charge is -2.18. The summed E-state index contributed by atoms with van der Waals surface area (Å²) in [5.41, 5.74) is 0.613. The highest BCUT2D eigenvalue weighted by Gasteiger charge is 2.24. The number of aliphatic hydroxyl groups is 1. The summed E-state index contributed by atoms with van der Waals surface area (Å²) in [5, 5.41) is 30.2. The highest BCUT2D eigenvalue weighted by molar-refractivity contribution is 6.38. The maximum atomic E-state index is 14.3. The number of carbonyl (C=O) groups is 1. The summed E-state index contributed by atoms with van der Waals surface area (Å²) in [4.78, 5) is 15.1. The number of aliphatic hydroxyl groups excluding tert-OH is 1. The first-order valence-electron chi connectivity index (χ1n) is 9.31. The Kier molecular flexibility index (Phi) is 8.52. The van der Waals surface area contributed by atoms with Crippen LogP contribution in [0, 0.1) is 5.95 Å². The molecule has 164 valence electrons. The maximum absolute atomic E-state index is 14.3. The van der Waals surface area contributed by atoms with E-state index in [4.69, 9.17) is 33.0 Å². The fourth-order valence-electron chi connectivity index (χ4n) is 2.74. The number of benzene rings is 1. The van der Waals surface area contributed by atoms with Crippen LogP contribution in [0.3, 0.4) is 0 Å². The summed E-state index contributed by atoms with van der Waals surface area (Å²) in [6, 6.07) is 3.38. The molecule has 0 aliphatic rings. The van der Waals surface area contributed by atoms with Crippen molar-refractivity contribution in [2.24, 2.45) is 0 Å². The van der Waals surface area contributed by atoms with Crippen molar-refractivity contribution >= 4 is 35.0 Å². The van der Waals surface area contributed by atoms with Crippen molar-refractivity contribution in [2.75, 3.05) is 11.9 Å². The Balaban J connectivity index is 2.37. The van der Waals surface area contributed by atoms with E-state index >= 15 is 0 Å². The summed E-state index contributed by atoms with van der Waals surface area (Å²) < 4.78 is 20.0. The molecule has 1 heterocycles. The molecular formula is C20H23Cl2FN2O5. The zero-order chi connectivity index (χ0) is 22.4. The third-order valence-electron chi connectivity index (χ3n) is 4.35. The van der Waals surface area contributed by atoms with E-state index in [1.165, 1.54) is 12.1 Å². The number of phenols is 1. The number of anilines is 1. The van der Waals surface area contributed by atoms with Crippen LogP contribution in [-0.2, 0) is 4.79 Å². The average molecular weight is 461 g/mol. The number of halogens is 3. The number of aliphatic carboxylic acids is 1. The van der Waals surface area contributed by atoms with Crippen LogP contribution in [0.4, 0.5) is 10.2 Å². The van der Waals surface area contributed by atoms with Gasteiger partial charge in [0, 0.05) is 12.2 Å². The zero-order valence-corrected chi connectivity index (χ0v) is 18.0. The Bertz CT molecular complexity index is 911. The van der Waals surface area contributed by atoms with Crippen molar-refractivity contribution in [1.29, 1.82) is 0 Å². The number of unbranched alkanes of at least 4 members (excludes halogenated alkanes) is 1. The van der Waals surface area contributed by atoms with Gasteiger partial charge >= 0.3 is 5.97 Å². The molecule has 0 spiro atoms. The number of ether oxygens (including phenoxy) is 1. The smallest absolute Gasteiger partial charge is 0.326 e. The van der Waals surface area contributed by atoms with Crippen LogP contribution in [0.1, 0.15) is 44.6 Å². The van der Waals surface area contributed by atoms with Gasteiger partial charge in [-0.15, -0.1) is 0 Å². The molecule has 0 radical (unpaired) electrons. The van der Waals surface area contributed by atoms with E-state index in [2.05, 4.69) is 10.3 Å². The van der Waals surface area contributed by atoms with Gasteiger partial charge < -0.3 is 25.4 Å². The molecule has 0 amide bonds. The van der Waals surface area contributed by atoms with Crippen LogP contribution < -0.4 is 10.1 Å². The largest absolute Gasteiger partial charge is 0.508 e. The molecule has 0 saturated heterocycles. The lowest BCUT2D eigenvalue weighted by atomic mass is 10.0. The van der Waals surface area contributed by atoms with Crippen molar-refractivity contribution in [3.8, 4) is 17.2 Å². The van der Waals surface area contributed by atoms with Gasteiger partial charge in [0.15, 0.2) is 11.6 Å². The lowest BCUT2D eigenvalue weighted by molar-refractivity contribution is -0.138. The van der Waals surface area contributed by atoms with E-state index in [0.29, 0.717) is 18.4 Å². The summed E-state index contributed by atoms with van der Waals surface area (Å²) in [6.45, 7) is 3.70. The number of nitrogens with one attached hydrogen (secondary N) is 1. The van der Waals surface area contributed by atoms with Gasteiger partial charge in [0.25, 0.3) is 0 Å². The molecule has 0 fully saturated rings.